The third-order valence-electron chi connectivity index (χ3n) is 4.14. The molecule has 1 amide bonds. The van der Waals surface area contributed by atoms with Gasteiger partial charge in [0.25, 0.3) is 0 Å². The van der Waals surface area contributed by atoms with Gasteiger partial charge in [-0.2, -0.15) is 0 Å². The SMILES string of the molecule is C=CC(=O)NCC(=O)OC1C2CC(S(=O)O)C(O2)C1(C)OC. The van der Waals surface area contributed by atoms with Crippen LogP contribution in [0.25, 0.3) is 0 Å². The summed E-state index contributed by atoms with van der Waals surface area (Å²) < 4.78 is 37.1. The van der Waals surface area contributed by atoms with Crippen LogP contribution in [-0.2, 0) is 34.9 Å². The van der Waals surface area contributed by atoms with Crippen molar-refractivity contribution in [2.75, 3.05) is 13.7 Å². The Hall–Kier alpha value is -1.29. The van der Waals surface area contributed by atoms with Crippen LogP contribution in [0.3, 0.4) is 0 Å². The molecule has 2 N–H and O–H groups in total. The number of carbonyl (C=O) groups excluding carboxylic acids is 2. The van der Waals surface area contributed by atoms with Crippen molar-refractivity contribution in [2.45, 2.75) is 42.5 Å². The van der Waals surface area contributed by atoms with E-state index in [1.54, 1.807) is 6.92 Å². The Kier molecular flexibility index (Phi) is 5.00. The first-order chi connectivity index (χ1) is 10.3. The number of hydrogen-bond acceptors (Lipinski definition) is 6. The summed E-state index contributed by atoms with van der Waals surface area (Å²) in [5.41, 5.74) is -1.01. The number of nitrogens with one attached hydrogen (secondary N) is 1. The number of amides is 1. The zero-order chi connectivity index (χ0) is 16.5. The molecule has 2 aliphatic heterocycles. The Morgan fingerprint density at radius 3 is 2.82 bits per heavy atom. The summed E-state index contributed by atoms with van der Waals surface area (Å²) in [6.07, 6.45) is -0.475. The Morgan fingerprint density at radius 2 is 2.27 bits per heavy atom. The average Bonchev–Trinajstić information content (AvgIpc) is 3.04. The quantitative estimate of drug-likeness (QED) is 0.378. The van der Waals surface area contributed by atoms with Crippen LogP contribution in [0.4, 0.5) is 0 Å². The van der Waals surface area contributed by atoms with Crippen LogP contribution in [0.5, 0.6) is 0 Å². The molecule has 2 aliphatic rings. The van der Waals surface area contributed by atoms with Crippen LogP contribution in [0, 0.1) is 0 Å². The minimum absolute atomic E-state index is 0.298. The highest BCUT2D eigenvalue weighted by Gasteiger charge is 2.65. The molecule has 8 nitrogen and oxygen atoms in total. The van der Waals surface area contributed by atoms with Gasteiger partial charge in [-0.25, -0.2) is 4.21 Å². The van der Waals surface area contributed by atoms with E-state index in [1.165, 1.54) is 7.11 Å². The normalized spacial score (nSPS) is 37.6. The van der Waals surface area contributed by atoms with Crippen LogP contribution in [0.2, 0.25) is 0 Å². The second kappa shape index (κ2) is 6.45. The van der Waals surface area contributed by atoms with Gasteiger partial charge in [0.2, 0.25) is 5.91 Å². The Labute approximate surface area is 130 Å². The standard InChI is InChI=1S/C13H19NO7S/c1-4-9(15)14-6-10(16)21-11-7-5-8(22(17)18)12(20-7)13(11,2)19-3/h4,7-8,11-12H,1,5-6H2,2-3H3,(H,14,15)(H,17,18). The first-order valence-electron chi connectivity index (χ1n) is 6.73. The fraction of sp³-hybridized carbons (Fsp3) is 0.692. The lowest BCUT2D eigenvalue weighted by molar-refractivity contribution is -0.167. The molecule has 0 spiro atoms. The first-order valence-corrected chi connectivity index (χ1v) is 7.90. The summed E-state index contributed by atoms with van der Waals surface area (Å²) in [6.45, 7) is 4.66. The number of fused-ring (bicyclic) bond motifs is 2. The Bertz CT molecular complexity index is 511. The number of hydrogen-bond donors (Lipinski definition) is 2. The summed E-state index contributed by atoms with van der Waals surface area (Å²) >= 11 is -2.04. The molecule has 2 saturated heterocycles. The van der Waals surface area contributed by atoms with Crippen molar-refractivity contribution in [1.82, 2.24) is 5.32 Å². The monoisotopic (exact) mass is 333 g/mol. The van der Waals surface area contributed by atoms with Crippen LogP contribution < -0.4 is 5.32 Å². The van der Waals surface area contributed by atoms with Crippen molar-refractivity contribution < 1.29 is 32.6 Å². The minimum atomic E-state index is -2.04. The summed E-state index contributed by atoms with van der Waals surface area (Å²) in [4.78, 5) is 22.9. The molecular weight excluding hydrogens is 314 g/mol. The summed E-state index contributed by atoms with van der Waals surface area (Å²) in [7, 11) is 1.43. The number of methoxy groups -OCH3 is 1. The molecule has 6 unspecified atom stereocenters. The predicted octanol–water partition coefficient (Wildman–Crippen LogP) is -0.633. The van der Waals surface area contributed by atoms with Gasteiger partial charge in [0.15, 0.2) is 17.2 Å². The highest BCUT2D eigenvalue weighted by Crippen LogP contribution is 2.47. The van der Waals surface area contributed by atoms with Crippen LogP contribution >= 0.6 is 0 Å². The van der Waals surface area contributed by atoms with Crippen molar-refractivity contribution >= 4 is 23.0 Å². The number of esters is 1. The largest absolute Gasteiger partial charge is 0.455 e. The number of carbonyl (C=O) groups is 2. The third kappa shape index (κ3) is 2.94. The van der Waals surface area contributed by atoms with Crippen molar-refractivity contribution in [3.05, 3.63) is 12.7 Å². The molecule has 0 aromatic rings. The topological polar surface area (TPSA) is 111 Å². The van der Waals surface area contributed by atoms with Crippen molar-refractivity contribution in [3.63, 3.8) is 0 Å². The second-order valence-corrected chi connectivity index (χ2v) is 6.52. The highest BCUT2D eigenvalue weighted by atomic mass is 32.2. The van der Waals surface area contributed by atoms with E-state index in [2.05, 4.69) is 11.9 Å². The second-order valence-electron chi connectivity index (χ2n) is 5.37. The predicted molar refractivity (Wildman–Crippen MR) is 76.3 cm³/mol. The van der Waals surface area contributed by atoms with E-state index < -0.39 is 52.1 Å². The van der Waals surface area contributed by atoms with E-state index in [4.69, 9.17) is 14.2 Å². The van der Waals surface area contributed by atoms with Gasteiger partial charge in [0, 0.05) is 7.11 Å². The lowest BCUT2D eigenvalue weighted by Gasteiger charge is -2.38. The van der Waals surface area contributed by atoms with Crippen LogP contribution in [-0.4, -0.2) is 63.5 Å². The molecule has 0 aliphatic carbocycles. The number of rotatable bonds is 6. The average molecular weight is 333 g/mol. The summed E-state index contributed by atoms with van der Waals surface area (Å²) in [5.74, 6) is -1.12. The minimum Gasteiger partial charge on any atom is -0.455 e. The maximum absolute atomic E-state index is 11.8. The van der Waals surface area contributed by atoms with Gasteiger partial charge >= 0.3 is 5.97 Å². The summed E-state index contributed by atoms with van der Waals surface area (Å²) in [5, 5.41) is 1.74. The molecule has 0 saturated carbocycles. The Morgan fingerprint density at radius 1 is 1.59 bits per heavy atom. The lowest BCUT2D eigenvalue weighted by atomic mass is 9.83. The van der Waals surface area contributed by atoms with Crippen molar-refractivity contribution in [2.24, 2.45) is 0 Å². The van der Waals surface area contributed by atoms with Crippen molar-refractivity contribution in [3.8, 4) is 0 Å². The molecule has 2 bridgehead atoms. The molecule has 2 heterocycles. The molecule has 0 aromatic carbocycles. The fourth-order valence-corrected chi connectivity index (χ4v) is 3.84. The zero-order valence-electron chi connectivity index (χ0n) is 12.3. The molecule has 2 fully saturated rings. The molecule has 9 heteroatoms. The van der Waals surface area contributed by atoms with E-state index in [0.717, 1.165) is 6.08 Å². The first kappa shape index (κ1) is 17.1. The molecule has 22 heavy (non-hydrogen) atoms. The van der Waals surface area contributed by atoms with Gasteiger partial charge in [-0.15, -0.1) is 0 Å². The fourth-order valence-electron chi connectivity index (χ4n) is 2.94. The van der Waals surface area contributed by atoms with Gasteiger partial charge in [-0.1, -0.05) is 6.58 Å². The zero-order valence-corrected chi connectivity index (χ0v) is 13.1. The lowest BCUT2D eigenvalue weighted by Crippen LogP contribution is -2.57. The molecule has 2 rings (SSSR count). The smallest absolute Gasteiger partial charge is 0.325 e. The summed E-state index contributed by atoms with van der Waals surface area (Å²) in [6, 6.07) is 0. The van der Waals surface area contributed by atoms with Crippen LogP contribution in [0.15, 0.2) is 12.7 Å². The van der Waals surface area contributed by atoms with Gasteiger partial charge in [0.1, 0.15) is 18.2 Å². The maximum atomic E-state index is 11.8. The van der Waals surface area contributed by atoms with Gasteiger partial charge < -0.3 is 24.1 Å². The van der Waals surface area contributed by atoms with E-state index in [-0.39, 0.29) is 6.54 Å². The van der Waals surface area contributed by atoms with E-state index in [1.807, 2.05) is 0 Å². The Balaban J connectivity index is 2.03. The molecule has 0 radical (unpaired) electrons. The molecule has 0 aromatic heterocycles. The van der Waals surface area contributed by atoms with Gasteiger partial charge in [0.05, 0.1) is 11.4 Å². The maximum Gasteiger partial charge on any atom is 0.325 e. The molecule has 6 atom stereocenters. The van der Waals surface area contributed by atoms with Gasteiger partial charge in [-0.05, 0) is 19.4 Å². The van der Waals surface area contributed by atoms with Gasteiger partial charge in [-0.3, -0.25) is 9.59 Å². The molecule has 124 valence electrons. The van der Waals surface area contributed by atoms with Crippen LogP contribution in [0.1, 0.15) is 13.3 Å². The highest BCUT2D eigenvalue weighted by molar-refractivity contribution is 7.80. The van der Waals surface area contributed by atoms with E-state index >= 15 is 0 Å². The number of ether oxygens (including phenoxy) is 3. The third-order valence-corrected chi connectivity index (χ3v) is 5.10. The van der Waals surface area contributed by atoms with E-state index in [9.17, 15) is 18.4 Å². The van der Waals surface area contributed by atoms with Crippen molar-refractivity contribution in [1.29, 1.82) is 0 Å². The van der Waals surface area contributed by atoms with E-state index in [0.29, 0.717) is 6.42 Å². The molecular formula is C13H19NO7S.